The van der Waals surface area contributed by atoms with Gasteiger partial charge in [-0.05, 0) is 24.3 Å². The van der Waals surface area contributed by atoms with E-state index in [4.69, 9.17) is 0 Å². The Labute approximate surface area is 120 Å². The van der Waals surface area contributed by atoms with Crippen molar-refractivity contribution in [1.82, 2.24) is 0 Å². The average molecular weight is 264 g/mol. The van der Waals surface area contributed by atoms with Crippen LogP contribution in [0.4, 0.5) is 5.69 Å². The molecule has 2 aromatic carbocycles. The van der Waals surface area contributed by atoms with Crippen LogP contribution in [0.15, 0.2) is 36.4 Å². The lowest BCUT2D eigenvalue weighted by atomic mass is 9.67. The van der Waals surface area contributed by atoms with Crippen LogP contribution in [0, 0.1) is 0 Å². The fourth-order valence-corrected chi connectivity index (χ4v) is 4.47. The van der Waals surface area contributed by atoms with Crippen LogP contribution < -0.4 is 0 Å². The summed E-state index contributed by atoms with van der Waals surface area (Å²) in [6.07, 6.45) is 6.81. The molecule has 1 heteroatoms. The van der Waals surface area contributed by atoms with Crippen LogP contribution in [0.1, 0.15) is 44.6 Å². The number of benzene rings is 2. The maximum absolute atomic E-state index is 2.46. The van der Waals surface area contributed by atoms with Crippen molar-refractivity contribution in [1.29, 1.82) is 0 Å². The lowest BCUT2D eigenvalue weighted by Gasteiger charge is -2.31. The minimum Gasteiger partial charge on any atom is -0.201 e. The number of fused-ring (bicyclic) bond motifs is 4. The molecular weight excluding hydrogens is 242 g/mol. The molecule has 0 bridgehead atoms. The van der Waals surface area contributed by atoms with Gasteiger partial charge < -0.3 is 0 Å². The molecule has 4 rings (SSSR count). The Morgan fingerprint density at radius 1 is 0.950 bits per heavy atom. The van der Waals surface area contributed by atoms with Crippen LogP contribution in [0.2, 0.25) is 0 Å². The molecule has 1 aliphatic heterocycles. The van der Waals surface area contributed by atoms with Gasteiger partial charge in [0, 0.05) is 12.5 Å². The van der Waals surface area contributed by atoms with Gasteiger partial charge in [0.05, 0.1) is 10.8 Å². The van der Waals surface area contributed by atoms with E-state index in [1.165, 1.54) is 48.6 Å². The fourth-order valence-electron chi connectivity index (χ4n) is 4.47. The van der Waals surface area contributed by atoms with Gasteiger partial charge in [-0.2, -0.15) is 0 Å². The molecule has 102 valence electrons. The predicted octanol–water partition coefficient (Wildman–Crippen LogP) is 4.79. The van der Waals surface area contributed by atoms with Crippen molar-refractivity contribution < 1.29 is 4.58 Å². The van der Waals surface area contributed by atoms with Gasteiger partial charge in [0.1, 0.15) is 7.05 Å². The molecule has 0 amide bonds. The highest BCUT2D eigenvalue weighted by Gasteiger charge is 2.49. The summed E-state index contributed by atoms with van der Waals surface area (Å²) < 4.78 is 2.46. The zero-order valence-electron chi connectivity index (χ0n) is 12.4. The molecule has 1 nitrogen and oxygen atoms in total. The van der Waals surface area contributed by atoms with Crippen LogP contribution >= 0.6 is 0 Å². The van der Waals surface area contributed by atoms with E-state index in [0.29, 0.717) is 5.41 Å². The SMILES string of the molecule is CC1=[N+](C)c2c(ccc3ccccc23)C12CCCCC2. The van der Waals surface area contributed by atoms with E-state index < -0.39 is 0 Å². The Balaban J connectivity index is 2.05. The topological polar surface area (TPSA) is 3.01 Å². The van der Waals surface area contributed by atoms with Crippen molar-refractivity contribution in [3.8, 4) is 0 Å². The summed E-state index contributed by atoms with van der Waals surface area (Å²) >= 11 is 0. The van der Waals surface area contributed by atoms with Crippen LogP contribution in [0.3, 0.4) is 0 Å². The number of rotatable bonds is 0. The Morgan fingerprint density at radius 3 is 2.50 bits per heavy atom. The van der Waals surface area contributed by atoms with E-state index in [1.807, 2.05) is 0 Å². The normalized spacial score (nSPS) is 20.7. The first-order chi connectivity index (χ1) is 9.74. The maximum atomic E-state index is 2.46. The molecule has 0 unspecified atom stereocenters. The molecule has 0 N–H and O–H groups in total. The van der Waals surface area contributed by atoms with Crippen molar-refractivity contribution in [2.75, 3.05) is 7.05 Å². The Bertz CT molecular complexity index is 718. The average Bonchev–Trinajstić information content (AvgIpc) is 2.71. The molecule has 0 atom stereocenters. The van der Waals surface area contributed by atoms with Gasteiger partial charge in [-0.25, -0.2) is 4.58 Å². The quantitative estimate of drug-likeness (QED) is 0.602. The molecule has 20 heavy (non-hydrogen) atoms. The monoisotopic (exact) mass is 264 g/mol. The Morgan fingerprint density at radius 2 is 1.70 bits per heavy atom. The molecular formula is C19H22N+. The standard InChI is InChI=1S/C19H22N/c1-14-19(12-6-3-7-13-19)17-11-10-15-8-4-5-9-16(15)18(17)20(14)2/h4-5,8-11H,3,6-7,12-13H2,1-2H3/q+1. The zero-order valence-corrected chi connectivity index (χ0v) is 12.4. The molecule has 2 aliphatic rings. The summed E-state index contributed by atoms with van der Waals surface area (Å²) in [5.74, 6) is 0. The van der Waals surface area contributed by atoms with Crippen molar-refractivity contribution in [3.05, 3.63) is 42.0 Å². The van der Waals surface area contributed by atoms with E-state index in [-0.39, 0.29) is 0 Å². The predicted molar refractivity (Wildman–Crippen MR) is 85.2 cm³/mol. The van der Waals surface area contributed by atoms with E-state index >= 15 is 0 Å². The molecule has 1 fully saturated rings. The highest BCUT2D eigenvalue weighted by Crippen LogP contribution is 2.50. The summed E-state index contributed by atoms with van der Waals surface area (Å²) in [5.41, 5.74) is 4.92. The van der Waals surface area contributed by atoms with Gasteiger partial charge in [0.15, 0.2) is 5.71 Å². The first-order valence-electron chi connectivity index (χ1n) is 7.84. The summed E-state index contributed by atoms with van der Waals surface area (Å²) in [6, 6.07) is 13.5. The van der Waals surface area contributed by atoms with Crippen LogP contribution in [-0.4, -0.2) is 17.3 Å². The molecule has 1 heterocycles. The second-order valence-corrected chi connectivity index (χ2v) is 6.47. The summed E-state index contributed by atoms with van der Waals surface area (Å²) in [6.45, 7) is 2.35. The lowest BCUT2D eigenvalue weighted by Crippen LogP contribution is -2.35. The van der Waals surface area contributed by atoms with E-state index in [2.05, 4.69) is 54.9 Å². The fraction of sp³-hybridized carbons (Fsp3) is 0.421. The number of hydrogen-bond acceptors (Lipinski definition) is 0. The van der Waals surface area contributed by atoms with Gasteiger partial charge in [-0.15, -0.1) is 0 Å². The molecule has 2 aromatic rings. The molecule has 0 saturated heterocycles. The largest absolute Gasteiger partial charge is 0.217 e. The second kappa shape index (κ2) is 4.18. The third-order valence-corrected chi connectivity index (χ3v) is 5.65. The Hall–Kier alpha value is -1.63. The molecule has 1 spiro atoms. The number of hydrogen-bond donors (Lipinski definition) is 0. The van der Waals surface area contributed by atoms with Crippen LogP contribution in [-0.2, 0) is 5.41 Å². The zero-order chi connectivity index (χ0) is 13.7. The highest BCUT2D eigenvalue weighted by atomic mass is 15.0. The van der Waals surface area contributed by atoms with Crippen molar-refractivity contribution in [3.63, 3.8) is 0 Å². The van der Waals surface area contributed by atoms with Gasteiger partial charge in [-0.3, -0.25) is 0 Å². The van der Waals surface area contributed by atoms with E-state index in [1.54, 1.807) is 11.3 Å². The first-order valence-corrected chi connectivity index (χ1v) is 7.84. The summed E-state index contributed by atoms with van der Waals surface area (Å²) in [7, 11) is 2.25. The molecule has 0 radical (unpaired) electrons. The van der Waals surface area contributed by atoms with E-state index in [9.17, 15) is 0 Å². The third kappa shape index (κ3) is 1.41. The molecule has 1 aliphatic carbocycles. The van der Waals surface area contributed by atoms with Gasteiger partial charge in [0.2, 0.25) is 5.69 Å². The van der Waals surface area contributed by atoms with E-state index in [0.717, 1.165) is 0 Å². The van der Waals surface area contributed by atoms with Crippen LogP contribution in [0.5, 0.6) is 0 Å². The lowest BCUT2D eigenvalue weighted by molar-refractivity contribution is -0.401. The molecule has 0 aromatic heterocycles. The second-order valence-electron chi connectivity index (χ2n) is 6.47. The van der Waals surface area contributed by atoms with Crippen molar-refractivity contribution in [2.24, 2.45) is 0 Å². The maximum Gasteiger partial charge on any atom is 0.217 e. The minimum atomic E-state index is 0.326. The summed E-state index contributed by atoms with van der Waals surface area (Å²) in [5, 5.41) is 2.77. The van der Waals surface area contributed by atoms with Gasteiger partial charge in [-0.1, -0.05) is 49.6 Å². The number of nitrogens with zero attached hydrogens (tertiary/aromatic N) is 1. The summed E-state index contributed by atoms with van der Waals surface area (Å²) in [4.78, 5) is 0. The van der Waals surface area contributed by atoms with Crippen molar-refractivity contribution >= 4 is 22.2 Å². The smallest absolute Gasteiger partial charge is 0.201 e. The Kier molecular flexibility index (Phi) is 2.54. The first kappa shape index (κ1) is 12.1. The van der Waals surface area contributed by atoms with Crippen LogP contribution in [0.25, 0.3) is 10.8 Å². The molecule has 1 saturated carbocycles. The van der Waals surface area contributed by atoms with Crippen molar-refractivity contribution in [2.45, 2.75) is 44.4 Å². The van der Waals surface area contributed by atoms with Gasteiger partial charge in [0.25, 0.3) is 0 Å². The minimum absolute atomic E-state index is 0.326. The highest BCUT2D eigenvalue weighted by molar-refractivity contribution is 6.02. The third-order valence-electron chi connectivity index (χ3n) is 5.65. The van der Waals surface area contributed by atoms with Gasteiger partial charge >= 0.3 is 0 Å².